The molecule has 0 bridgehead atoms. The summed E-state index contributed by atoms with van der Waals surface area (Å²) in [6.45, 7) is 0.410. The SMILES string of the molecule is COC(=O)CCC(O)CNc1cccc(Br)c1. The van der Waals surface area contributed by atoms with Crippen LogP contribution in [0.15, 0.2) is 28.7 Å². The topological polar surface area (TPSA) is 58.6 Å². The van der Waals surface area contributed by atoms with Gasteiger partial charge in [0.05, 0.1) is 13.2 Å². The second kappa shape index (κ2) is 7.29. The lowest BCUT2D eigenvalue weighted by atomic mass is 10.2. The van der Waals surface area contributed by atoms with Crippen LogP contribution in [0, 0.1) is 0 Å². The Balaban J connectivity index is 2.28. The van der Waals surface area contributed by atoms with Crippen LogP contribution in [0.25, 0.3) is 0 Å². The average molecular weight is 302 g/mol. The Kier molecular flexibility index (Phi) is 6.00. The number of nitrogens with one attached hydrogen (secondary N) is 1. The van der Waals surface area contributed by atoms with E-state index in [1.807, 2.05) is 24.3 Å². The number of benzene rings is 1. The lowest BCUT2D eigenvalue weighted by Gasteiger charge is -2.12. The molecule has 0 saturated carbocycles. The molecule has 1 unspecified atom stereocenters. The maximum Gasteiger partial charge on any atom is 0.305 e. The number of aliphatic hydroxyl groups excluding tert-OH is 1. The van der Waals surface area contributed by atoms with Gasteiger partial charge in [-0.05, 0) is 24.6 Å². The van der Waals surface area contributed by atoms with Gasteiger partial charge in [0.25, 0.3) is 0 Å². The van der Waals surface area contributed by atoms with Gasteiger partial charge in [-0.25, -0.2) is 0 Å². The maximum atomic E-state index is 10.9. The smallest absolute Gasteiger partial charge is 0.305 e. The fourth-order valence-corrected chi connectivity index (χ4v) is 1.72. The Morgan fingerprint density at radius 2 is 2.35 bits per heavy atom. The van der Waals surface area contributed by atoms with Gasteiger partial charge in [0.2, 0.25) is 0 Å². The summed E-state index contributed by atoms with van der Waals surface area (Å²) < 4.78 is 5.48. The summed E-state index contributed by atoms with van der Waals surface area (Å²) in [7, 11) is 1.34. The fraction of sp³-hybridized carbons (Fsp3) is 0.417. The molecule has 4 nitrogen and oxygen atoms in total. The van der Waals surface area contributed by atoms with Gasteiger partial charge in [-0.15, -0.1) is 0 Å². The van der Waals surface area contributed by atoms with E-state index in [1.54, 1.807) is 0 Å². The number of hydrogen-bond acceptors (Lipinski definition) is 4. The normalized spacial score (nSPS) is 11.9. The highest BCUT2D eigenvalue weighted by atomic mass is 79.9. The monoisotopic (exact) mass is 301 g/mol. The summed E-state index contributed by atoms with van der Waals surface area (Å²) in [6, 6.07) is 7.68. The third-order valence-corrected chi connectivity index (χ3v) is 2.77. The number of aliphatic hydroxyl groups is 1. The number of halogens is 1. The minimum Gasteiger partial charge on any atom is -0.469 e. The molecule has 0 aliphatic carbocycles. The molecular weight excluding hydrogens is 286 g/mol. The second-order valence-corrected chi connectivity index (χ2v) is 4.58. The van der Waals surface area contributed by atoms with Gasteiger partial charge in [-0.2, -0.15) is 0 Å². The van der Waals surface area contributed by atoms with Gasteiger partial charge < -0.3 is 15.2 Å². The van der Waals surface area contributed by atoms with E-state index in [-0.39, 0.29) is 12.4 Å². The zero-order valence-electron chi connectivity index (χ0n) is 9.65. The first-order valence-electron chi connectivity index (χ1n) is 5.36. The summed E-state index contributed by atoms with van der Waals surface area (Å²) in [4.78, 5) is 10.9. The molecule has 0 amide bonds. The lowest BCUT2D eigenvalue weighted by Crippen LogP contribution is -2.20. The molecule has 0 radical (unpaired) electrons. The Morgan fingerprint density at radius 1 is 1.59 bits per heavy atom. The van der Waals surface area contributed by atoms with E-state index in [0.717, 1.165) is 10.2 Å². The number of anilines is 1. The zero-order chi connectivity index (χ0) is 12.7. The number of ether oxygens (including phenoxy) is 1. The zero-order valence-corrected chi connectivity index (χ0v) is 11.2. The van der Waals surface area contributed by atoms with Crippen molar-refractivity contribution in [3.63, 3.8) is 0 Å². The lowest BCUT2D eigenvalue weighted by molar-refractivity contribution is -0.141. The predicted molar refractivity (Wildman–Crippen MR) is 69.9 cm³/mol. The van der Waals surface area contributed by atoms with E-state index >= 15 is 0 Å². The van der Waals surface area contributed by atoms with Crippen molar-refractivity contribution in [3.05, 3.63) is 28.7 Å². The van der Waals surface area contributed by atoms with Crippen molar-refractivity contribution in [1.82, 2.24) is 0 Å². The molecule has 0 aliphatic heterocycles. The van der Waals surface area contributed by atoms with E-state index in [9.17, 15) is 9.90 Å². The van der Waals surface area contributed by atoms with E-state index < -0.39 is 6.10 Å². The summed E-state index contributed by atoms with van der Waals surface area (Å²) >= 11 is 3.36. The van der Waals surface area contributed by atoms with Crippen LogP contribution in [-0.2, 0) is 9.53 Å². The van der Waals surface area contributed by atoms with E-state index in [1.165, 1.54) is 7.11 Å². The Bertz CT molecular complexity index is 371. The standard InChI is InChI=1S/C12H16BrNO3/c1-17-12(16)6-5-11(15)8-14-10-4-2-3-9(13)7-10/h2-4,7,11,14-15H,5-6,8H2,1H3. The van der Waals surface area contributed by atoms with Crippen LogP contribution >= 0.6 is 15.9 Å². The number of esters is 1. The summed E-state index contributed by atoms with van der Waals surface area (Å²) in [5, 5.41) is 12.7. The molecule has 17 heavy (non-hydrogen) atoms. The van der Waals surface area contributed by atoms with Crippen LogP contribution in [0.3, 0.4) is 0 Å². The average Bonchev–Trinajstić information content (AvgIpc) is 2.33. The first-order chi connectivity index (χ1) is 8.11. The number of rotatable bonds is 6. The molecule has 1 atom stereocenters. The van der Waals surface area contributed by atoms with Gasteiger partial charge in [0.15, 0.2) is 0 Å². The summed E-state index contributed by atoms with van der Waals surface area (Å²) in [5.41, 5.74) is 0.927. The van der Waals surface area contributed by atoms with E-state index in [2.05, 4.69) is 26.0 Å². The van der Waals surface area contributed by atoms with Crippen molar-refractivity contribution in [3.8, 4) is 0 Å². The van der Waals surface area contributed by atoms with Crippen molar-refractivity contribution < 1.29 is 14.6 Å². The Hall–Kier alpha value is -1.07. The largest absolute Gasteiger partial charge is 0.469 e. The molecule has 0 heterocycles. The molecule has 0 aliphatic rings. The van der Waals surface area contributed by atoms with Crippen molar-refractivity contribution >= 4 is 27.6 Å². The molecule has 5 heteroatoms. The molecule has 94 valence electrons. The molecule has 0 saturated heterocycles. The van der Waals surface area contributed by atoms with Crippen molar-refractivity contribution in [2.24, 2.45) is 0 Å². The Labute approximate surface area is 109 Å². The quantitative estimate of drug-likeness (QED) is 0.791. The van der Waals surface area contributed by atoms with Crippen molar-refractivity contribution in [1.29, 1.82) is 0 Å². The minimum atomic E-state index is -0.562. The van der Waals surface area contributed by atoms with Crippen LogP contribution in [0.1, 0.15) is 12.8 Å². The summed E-state index contributed by atoms with van der Waals surface area (Å²) in [5.74, 6) is -0.300. The molecular formula is C12H16BrNO3. The summed E-state index contributed by atoms with van der Waals surface area (Å²) in [6.07, 6.45) is 0.0685. The van der Waals surface area contributed by atoms with Gasteiger partial charge in [0, 0.05) is 23.1 Å². The second-order valence-electron chi connectivity index (χ2n) is 3.66. The van der Waals surface area contributed by atoms with Gasteiger partial charge in [-0.1, -0.05) is 22.0 Å². The third-order valence-electron chi connectivity index (χ3n) is 2.28. The highest BCUT2D eigenvalue weighted by Crippen LogP contribution is 2.15. The fourth-order valence-electron chi connectivity index (χ4n) is 1.32. The molecule has 1 aromatic rings. The van der Waals surface area contributed by atoms with Crippen molar-refractivity contribution in [2.75, 3.05) is 19.0 Å². The highest BCUT2D eigenvalue weighted by Gasteiger charge is 2.08. The number of carbonyl (C=O) groups is 1. The number of hydrogen-bond donors (Lipinski definition) is 2. The minimum absolute atomic E-state index is 0.234. The molecule has 0 spiro atoms. The molecule has 2 N–H and O–H groups in total. The van der Waals surface area contributed by atoms with Gasteiger partial charge in [0.1, 0.15) is 0 Å². The molecule has 1 rings (SSSR count). The van der Waals surface area contributed by atoms with Crippen molar-refractivity contribution in [2.45, 2.75) is 18.9 Å². The van der Waals surface area contributed by atoms with Crippen LogP contribution in [0.4, 0.5) is 5.69 Å². The molecule has 1 aromatic carbocycles. The van der Waals surface area contributed by atoms with Crippen LogP contribution in [0.2, 0.25) is 0 Å². The van der Waals surface area contributed by atoms with Crippen LogP contribution < -0.4 is 5.32 Å². The van der Waals surface area contributed by atoms with Crippen LogP contribution in [0.5, 0.6) is 0 Å². The van der Waals surface area contributed by atoms with E-state index in [4.69, 9.17) is 0 Å². The van der Waals surface area contributed by atoms with Gasteiger partial charge >= 0.3 is 5.97 Å². The van der Waals surface area contributed by atoms with Gasteiger partial charge in [-0.3, -0.25) is 4.79 Å². The highest BCUT2D eigenvalue weighted by molar-refractivity contribution is 9.10. The Morgan fingerprint density at radius 3 is 3.00 bits per heavy atom. The third kappa shape index (κ3) is 5.70. The molecule has 0 aromatic heterocycles. The van der Waals surface area contributed by atoms with E-state index in [0.29, 0.717) is 13.0 Å². The molecule has 0 fully saturated rings. The number of methoxy groups -OCH3 is 1. The first-order valence-corrected chi connectivity index (χ1v) is 6.15. The predicted octanol–water partition coefficient (Wildman–Crippen LogP) is 2.18. The number of carbonyl (C=O) groups excluding carboxylic acids is 1. The van der Waals surface area contributed by atoms with Crippen LogP contribution in [-0.4, -0.2) is 30.8 Å². The first kappa shape index (κ1) is 14.0. The maximum absolute atomic E-state index is 10.9.